The van der Waals surface area contributed by atoms with Crippen LogP contribution in [-0.4, -0.2) is 19.1 Å². The molecule has 1 unspecified atom stereocenters. The third-order valence-electron chi connectivity index (χ3n) is 3.59. The van der Waals surface area contributed by atoms with Crippen LogP contribution in [0.2, 0.25) is 0 Å². The van der Waals surface area contributed by atoms with Crippen molar-refractivity contribution in [3.05, 3.63) is 47.9 Å². The molecule has 5 heteroatoms. The number of nitrogens with one attached hydrogen (secondary N) is 2. The molecule has 1 saturated heterocycles. The summed E-state index contributed by atoms with van der Waals surface area (Å²) in [6, 6.07) is 11.8. The molecule has 2 aromatic rings. The van der Waals surface area contributed by atoms with Gasteiger partial charge in [0.25, 0.3) is 0 Å². The lowest BCUT2D eigenvalue weighted by molar-refractivity contribution is 0.252. The van der Waals surface area contributed by atoms with Crippen LogP contribution in [-0.2, 0) is 0 Å². The van der Waals surface area contributed by atoms with Gasteiger partial charge in [-0.3, -0.25) is 4.90 Å². The van der Waals surface area contributed by atoms with E-state index in [1.54, 1.807) is 4.90 Å². The molecule has 1 aromatic heterocycles. The van der Waals surface area contributed by atoms with Crippen molar-refractivity contribution in [2.24, 2.45) is 0 Å². The molecule has 110 valence electrons. The van der Waals surface area contributed by atoms with Gasteiger partial charge in [0.2, 0.25) is 0 Å². The van der Waals surface area contributed by atoms with Gasteiger partial charge in [-0.1, -0.05) is 6.07 Å². The summed E-state index contributed by atoms with van der Waals surface area (Å²) in [5.74, 6) is 1.80. The third kappa shape index (κ3) is 2.86. The van der Waals surface area contributed by atoms with Crippen LogP contribution in [0.15, 0.2) is 40.8 Å². The monoisotopic (exact) mass is 285 g/mol. The van der Waals surface area contributed by atoms with Gasteiger partial charge in [0.1, 0.15) is 11.5 Å². The van der Waals surface area contributed by atoms with E-state index >= 15 is 0 Å². The van der Waals surface area contributed by atoms with Gasteiger partial charge in [-0.2, -0.15) is 0 Å². The van der Waals surface area contributed by atoms with Gasteiger partial charge < -0.3 is 15.1 Å². The normalized spacial score (nSPS) is 15.9. The van der Waals surface area contributed by atoms with E-state index in [1.165, 1.54) is 0 Å². The van der Waals surface area contributed by atoms with Crippen molar-refractivity contribution >= 4 is 17.4 Å². The van der Waals surface area contributed by atoms with Crippen molar-refractivity contribution in [3.63, 3.8) is 0 Å². The van der Waals surface area contributed by atoms with Gasteiger partial charge in [-0.15, -0.1) is 0 Å². The number of urea groups is 1. The fraction of sp³-hybridized carbons (Fsp3) is 0.312. The molecule has 2 amide bonds. The Bertz CT molecular complexity index is 650. The van der Waals surface area contributed by atoms with Crippen molar-refractivity contribution in [3.8, 4) is 0 Å². The van der Waals surface area contributed by atoms with E-state index in [-0.39, 0.29) is 12.1 Å². The molecule has 1 aliphatic rings. The molecule has 2 heterocycles. The molecule has 5 nitrogen and oxygen atoms in total. The molecule has 3 rings (SSSR count). The molecule has 0 saturated carbocycles. The topological polar surface area (TPSA) is 57.5 Å². The molecule has 0 spiro atoms. The van der Waals surface area contributed by atoms with E-state index in [2.05, 4.69) is 10.6 Å². The van der Waals surface area contributed by atoms with Crippen LogP contribution in [0.4, 0.5) is 16.2 Å². The van der Waals surface area contributed by atoms with Crippen LogP contribution in [0, 0.1) is 6.92 Å². The summed E-state index contributed by atoms with van der Waals surface area (Å²) in [5.41, 5.74) is 1.87. The predicted molar refractivity (Wildman–Crippen MR) is 82.7 cm³/mol. The number of amides is 2. The number of hydrogen-bond acceptors (Lipinski definition) is 3. The second kappa shape index (κ2) is 5.52. The highest BCUT2D eigenvalue weighted by Crippen LogP contribution is 2.25. The number of carbonyl (C=O) groups is 1. The van der Waals surface area contributed by atoms with E-state index in [0.29, 0.717) is 13.1 Å². The van der Waals surface area contributed by atoms with E-state index in [0.717, 1.165) is 22.9 Å². The lowest BCUT2D eigenvalue weighted by atomic mass is 10.2. The summed E-state index contributed by atoms with van der Waals surface area (Å²) < 4.78 is 5.63. The summed E-state index contributed by atoms with van der Waals surface area (Å²) in [6.07, 6.45) is 0. The lowest BCUT2D eigenvalue weighted by Gasteiger charge is -2.17. The SMILES string of the molecule is Cc1ccc(C(C)Nc2cccc(N3CCNC3=O)c2)o1. The number of aryl methyl sites for hydroxylation is 1. The first-order valence-corrected chi connectivity index (χ1v) is 7.12. The van der Waals surface area contributed by atoms with Gasteiger partial charge in [-0.05, 0) is 44.2 Å². The number of furan rings is 1. The third-order valence-corrected chi connectivity index (χ3v) is 3.59. The molecule has 1 aromatic carbocycles. The highest BCUT2D eigenvalue weighted by Gasteiger charge is 2.21. The Hall–Kier alpha value is -2.43. The Morgan fingerprint density at radius 3 is 2.86 bits per heavy atom. The zero-order valence-corrected chi connectivity index (χ0v) is 12.2. The van der Waals surface area contributed by atoms with Gasteiger partial charge >= 0.3 is 6.03 Å². The Morgan fingerprint density at radius 2 is 2.19 bits per heavy atom. The molecule has 0 bridgehead atoms. The summed E-state index contributed by atoms with van der Waals surface area (Å²) in [4.78, 5) is 13.5. The van der Waals surface area contributed by atoms with Gasteiger partial charge in [-0.25, -0.2) is 4.79 Å². The number of nitrogens with zero attached hydrogens (tertiary/aromatic N) is 1. The Balaban J connectivity index is 1.75. The minimum absolute atomic E-state index is 0.0399. The first kappa shape index (κ1) is 13.5. The number of benzene rings is 1. The fourth-order valence-electron chi connectivity index (χ4n) is 2.49. The smallest absolute Gasteiger partial charge is 0.321 e. The first-order valence-electron chi connectivity index (χ1n) is 7.12. The van der Waals surface area contributed by atoms with Crippen LogP contribution in [0.1, 0.15) is 24.5 Å². The molecule has 1 atom stereocenters. The Labute approximate surface area is 123 Å². The zero-order chi connectivity index (χ0) is 14.8. The minimum Gasteiger partial charge on any atom is -0.464 e. The van der Waals surface area contributed by atoms with E-state index in [4.69, 9.17) is 4.42 Å². The number of carbonyl (C=O) groups excluding carboxylic acids is 1. The maximum absolute atomic E-state index is 11.7. The van der Waals surface area contributed by atoms with Crippen molar-refractivity contribution in [1.29, 1.82) is 0 Å². The van der Waals surface area contributed by atoms with Crippen LogP contribution in [0.5, 0.6) is 0 Å². The highest BCUT2D eigenvalue weighted by atomic mass is 16.3. The predicted octanol–water partition coefficient (Wildman–Crippen LogP) is 3.29. The summed E-state index contributed by atoms with van der Waals surface area (Å²) in [7, 11) is 0. The maximum atomic E-state index is 11.7. The van der Waals surface area contributed by atoms with E-state index < -0.39 is 0 Å². The molecule has 21 heavy (non-hydrogen) atoms. The number of anilines is 2. The molecule has 1 fully saturated rings. The summed E-state index contributed by atoms with van der Waals surface area (Å²) in [6.45, 7) is 5.38. The van der Waals surface area contributed by atoms with Crippen LogP contribution >= 0.6 is 0 Å². The van der Waals surface area contributed by atoms with Crippen LogP contribution < -0.4 is 15.5 Å². The maximum Gasteiger partial charge on any atom is 0.321 e. The first-order chi connectivity index (χ1) is 10.1. The Kier molecular flexibility index (Phi) is 3.56. The average Bonchev–Trinajstić information content (AvgIpc) is 3.08. The van der Waals surface area contributed by atoms with Crippen molar-refractivity contribution in [2.75, 3.05) is 23.3 Å². The molecular weight excluding hydrogens is 266 g/mol. The van der Waals surface area contributed by atoms with Crippen molar-refractivity contribution in [1.82, 2.24) is 5.32 Å². The minimum atomic E-state index is -0.0399. The van der Waals surface area contributed by atoms with E-state index in [1.807, 2.05) is 50.2 Å². The second-order valence-corrected chi connectivity index (χ2v) is 5.25. The molecule has 0 radical (unpaired) electrons. The Morgan fingerprint density at radius 1 is 1.33 bits per heavy atom. The standard InChI is InChI=1S/C16H19N3O2/c1-11-6-7-15(21-11)12(2)18-13-4-3-5-14(10-13)19-9-8-17-16(19)20/h3-7,10,12,18H,8-9H2,1-2H3,(H,17,20). The van der Waals surface area contributed by atoms with Gasteiger partial charge in [0.05, 0.1) is 6.04 Å². The van der Waals surface area contributed by atoms with Gasteiger partial charge in [0, 0.05) is 24.5 Å². The zero-order valence-electron chi connectivity index (χ0n) is 12.2. The fourth-order valence-corrected chi connectivity index (χ4v) is 2.49. The largest absolute Gasteiger partial charge is 0.464 e. The molecular formula is C16H19N3O2. The van der Waals surface area contributed by atoms with E-state index in [9.17, 15) is 4.79 Å². The van der Waals surface area contributed by atoms with Crippen LogP contribution in [0.25, 0.3) is 0 Å². The number of hydrogen-bond donors (Lipinski definition) is 2. The summed E-state index contributed by atoms with van der Waals surface area (Å²) in [5, 5.41) is 6.21. The van der Waals surface area contributed by atoms with Crippen molar-refractivity contribution < 1.29 is 9.21 Å². The highest BCUT2D eigenvalue weighted by molar-refractivity contribution is 5.94. The summed E-state index contributed by atoms with van der Waals surface area (Å²) >= 11 is 0. The molecule has 2 N–H and O–H groups in total. The quantitative estimate of drug-likeness (QED) is 0.906. The molecule has 0 aliphatic carbocycles. The molecule has 1 aliphatic heterocycles. The lowest BCUT2D eigenvalue weighted by Crippen LogP contribution is -2.27. The number of rotatable bonds is 4. The second-order valence-electron chi connectivity index (χ2n) is 5.25. The average molecular weight is 285 g/mol. The van der Waals surface area contributed by atoms with Crippen LogP contribution in [0.3, 0.4) is 0 Å². The van der Waals surface area contributed by atoms with Crippen molar-refractivity contribution in [2.45, 2.75) is 19.9 Å². The van der Waals surface area contributed by atoms with Gasteiger partial charge in [0.15, 0.2) is 0 Å².